The Morgan fingerprint density at radius 2 is 1.58 bits per heavy atom. The number of nitrogens with zero attached hydrogens (tertiary/aromatic N) is 1. The van der Waals surface area contributed by atoms with Crippen LogP contribution < -0.4 is 20.3 Å². The van der Waals surface area contributed by atoms with Crippen LogP contribution in [0.3, 0.4) is 0 Å². The van der Waals surface area contributed by atoms with Gasteiger partial charge in [-0.1, -0.05) is 24.3 Å². The minimum Gasteiger partial charge on any atom is -0.484 e. The van der Waals surface area contributed by atoms with Gasteiger partial charge in [0, 0.05) is 17.1 Å². The first-order chi connectivity index (χ1) is 17.5. The van der Waals surface area contributed by atoms with E-state index in [2.05, 4.69) is 10.6 Å². The molecule has 0 aliphatic carbocycles. The highest BCUT2D eigenvalue weighted by Gasteiger charge is 2.34. The number of halogens is 2. The van der Waals surface area contributed by atoms with Crippen molar-refractivity contribution in [2.75, 3.05) is 22.1 Å². The van der Waals surface area contributed by atoms with Crippen LogP contribution in [0.5, 0.6) is 5.75 Å². The van der Waals surface area contributed by atoms with E-state index in [-0.39, 0.29) is 12.5 Å². The maximum absolute atomic E-state index is 13.6. The molecule has 36 heavy (non-hydrogen) atoms. The van der Waals surface area contributed by atoms with Crippen molar-refractivity contribution >= 4 is 28.9 Å². The van der Waals surface area contributed by atoms with Crippen LogP contribution in [0.4, 0.5) is 25.8 Å². The van der Waals surface area contributed by atoms with E-state index in [9.17, 15) is 18.4 Å². The first-order valence-electron chi connectivity index (χ1n) is 11.2. The zero-order chi connectivity index (χ0) is 25.1. The monoisotopic (exact) mass is 485 g/mol. The van der Waals surface area contributed by atoms with Crippen LogP contribution in [0.2, 0.25) is 0 Å². The summed E-state index contributed by atoms with van der Waals surface area (Å²) in [6.45, 7) is -0.262. The predicted molar refractivity (Wildman–Crippen MR) is 133 cm³/mol. The third kappa shape index (κ3) is 4.88. The van der Waals surface area contributed by atoms with Gasteiger partial charge in [-0.25, -0.2) is 8.78 Å². The Bertz CT molecular complexity index is 1410. The first kappa shape index (κ1) is 23.0. The molecule has 2 N–H and O–H groups in total. The van der Waals surface area contributed by atoms with Gasteiger partial charge in [0.05, 0.1) is 5.56 Å². The minimum atomic E-state index is -0.602. The average molecular weight is 485 g/mol. The van der Waals surface area contributed by atoms with Gasteiger partial charge in [-0.2, -0.15) is 0 Å². The number of ether oxygens (including phenoxy) is 1. The molecule has 5 rings (SSSR count). The van der Waals surface area contributed by atoms with Gasteiger partial charge in [-0.3, -0.25) is 14.5 Å². The Morgan fingerprint density at radius 3 is 2.33 bits per heavy atom. The molecule has 0 spiro atoms. The number of hydrogen-bond donors (Lipinski definition) is 2. The number of amides is 2. The standard InChI is InChI=1S/C28H21F2N3O3/c29-19-8-12-21(13-9-19)31-26(34)17-36-23-5-3-4-18(16-23)27-32-25-7-2-1-6-24(25)28(35)33(27)22-14-10-20(30)11-15-22/h1-16,27,32H,17H2,(H,31,34)/t27-/m1/s1. The Hall–Kier alpha value is -4.72. The molecule has 1 aliphatic rings. The molecular formula is C28H21F2N3O3. The van der Waals surface area contributed by atoms with Gasteiger partial charge in [0.1, 0.15) is 23.5 Å². The lowest BCUT2D eigenvalue weighted by atomic mass is 10.0. The van der Waals surface area contributed by atoms with Gasteiger partial charge in [-0.15, -0.1) is 0 Å². The van der Waals surface area contributed by atoms with Crippen LogP contribution in [0, 0.1) is 11.6 Å². The van der Waals surface area contributed by atoms with Crippen molar-refractivity contribution in [3.05, 3.63) is 120 Å². The van der Waals surface area contributed by atoms with Crippen molar-refractivity contribution in [1.29, 1.82) is 0 Å². The van der Waals surface area contributed by atoms with E-state index >= 15 is 0 Å². The lowest BCUT2D eigenvalue weighted by molar-refractivity contribution is -0.118. The zero-order valence-corrected chi connectivity index (χ0v) is 18.9. The first-order valence-corrected chi connectivity index (χ1v) is 11.2. The van der Waals surface area contributed by atoms with Crippen molar-refractivity contribution in [2.24, 2.45) is 0 Å². The summed E-state index contributed by atoms with van der Waals surface area (Å²) >= 11 is 0. The summed E-state index contributed by atoms with van der Waals surface area (Å²) in [5.41, 5.74) is 2.87. The maximum atomic E-state index is 13.6. The topological polar surface area (TPSA) is 70.7 Å². The van der Waals surface area contributed by atoms with E-state index in [1.165, 1.54) is 36.4 Å². The van der Waals surface area contributed by atoms with Gasteiger partial charge < -0.3 is 15.4 Å². The number of rotatable bonds is 6. The molecule has 0 fully saturated rings. The van der Waals surface area contributed by atoms with E-state index < -0.39 is 23.7 Å². The molecule has 1 heterocycles. The Labute approximate surface area is 206 Å². The van der Waals surface area contributed by atoms with Gasteiger partial charge >= 0.3 is 0 Å². The molecular weight excluding hydrogens is 464 g/mol. The third-order valence-corrected chi connectivity index (χ3v) is 5.70. The van der Waals surface area contributed by atoms with Crippen LogP contribution in [0.1, 0.15) is 22.1 Å². The second-order valence-corrected chi connectivity index (χ2v) is 8.16. The molecule has 0 unspecified atom stereocenters. The summed E-state index contributed by atoms with van der Waals surface area (Å²) in [5.74, 6) is -1.00. The molecule has 1 atom stereocenters. The number of carbonyl (C=O) groups is 2. The van der Waals surface area contributed by atoms with E-state index in [1.807, 2.05) is 18.2 Å². The molecule has 1 aliphatic heterocycles. The van der Waals surface area contributed by atoms with Crippen molar-refractivity contribution in [1.82, 2.24) is 0 Å². The summed E-state index contributed by atoms with van der Waals surface area (Å²) in [6, 6.07) is 25.4. The fourth-order valence-electron chi connectivity index (χ4n) is 4.01. The fourth-order valence-corrected chi connectivity index (χ4v) is 4.01. The molecule has 4 aromatic carbocycles. The van der Waals surface area contributed by atoms with Gasteiger partial charge in [-0.05, 0) is 78.4 Å². The minimum absolute atomic E-state index is 0.231. The fraction of sp³-hybridized carbons (Fsp3) is 0.0714. The molecule has 0 radical (unpaired) electrons. The molecule has 0 saturated heterocycles. The van der Waals surface area contributed by atoms with Crippen molar-refractivity contribution in [3.8, 4) is 5.75 Å². The van der Waals surface area contributed by atoms with Gasteiger partial charge in [0.25, 0.3) is 11.8 Å². The zero-order valence-electron chi connectivity index (χ0n) is 18.9. The van der Waals surface area contributed by atoms with Crippen molar-refractivity contribution < 1.29 is 23.1 Å². The summed E-state index contributed by atoms with van der Waals surface area (Å²) in [6.07, 6.45) is -0.602. The van der Waals surface area contributed by atoms with Gasteiger partial charge in [0.15, 0.2) is 6.61 Å². The largest absolute Gasteiger partial charge is 0.484 e. The maximum Gasteiger partial charge on any atom is 0.262 e. The molecule has 0 saturated carbocycles. The molecule has 180 valence electrons. The summed E-state index contributed by atoms with van der Waals surface area (Å²) in [7, 11) is 0. The van der Waals surface area contributed by atoms with E-state index in [0.717, 1.165) is 0 Å². The number of fused-ring (bicyclic) bond motifs is 1. The van der Waals surface area contributed by atoms with Crippen LogP contribution >= 0.6 is 0 Å². The number of anilines is 3. The normalized spacial score (nSPS) is 14.6. The smallest absolute Gasteiger partial charge is 0.262 e. The highest BCUT2D eigenvalue weighted by Crippen LogP contribution is 2.37. The van der Waals surface area contributed by atoms with E-state index in [0.29, 0.717) is 33.9 Å². The number of benzene rings is 4. The van der Waals surface area contributed by atoms with Crippen molar-refractivity contribution in [2.45, 2.75) is 6.17 Å². The second-order valence-electron chi connectivity index (χ2n) is 8.16. The van der Waals surface area contributed by atoms with Crippen LogP contribution in [0.15, 0.2) is 97.1 Å². The number of hydrogen-bond acceptors (Lipinski definition) is 4. The average Bonchev–Trinajstić information content (AvgIpc) is 2.90. The molecule has 6 nitrogen and oxygen atoms in total. The number of carbonyl (C=O) groups excluding carboxylic acids is 2. The molecule has 2 amide bonds. The molecule has 0 aromatic heterocycles. The lowest BCUT2D eigenvalue weighted by Gasteiger charge is -2.38. The van der Waals surface area contributed by atoms with Gasteiger partial charge in [0.2, 0.25) is 0 Å². The van der Waals surface area contributed by atoms with Crippen LogP contribution in [0.25, 0.3) is 0 Å². The van der Waals surface area contributed by atoms with Crippen LogP contribution in [-0.4, -0.2) is 18.4 Å². The van der Waals surface area contributed by atoms with Crippen molar-refractivity contribution in [3.63, 3.8) is 0 Å². The SMILES string of the molecule is O=C(COc1cccc([C@@H]2Nc3ccccc3C(=O)N2c2ccc(F)cc2)c1)Nc1ccc(F)cc1. The summed E-state index contributed by atoms with van der Waals surface area (Å²) < 4.78 is 32.3. The van der Waals surface area contributed by atoms with E-state index in [1.54, 1.807) is 47.4 Å². The van der Waals surface area contributed by atoms with Crippen LogP contribution in [-0.2, 0) is 4.79 Å². The number of nitrogens with one attached hydrogen (secondary N) is 2. The highest BCUT2D eigenvalue weighted by molar-refractivity contribution is 6.12. The summed E-state index contributed by atoms with van der Waals surface area (Å²) in [5, 5.41) is 6.02. The van der Waals surface area contributed by atoms with E-state index in [4.69, 9.17) is 4.74 Å². The Kier molecular flexibility index (Phi) is 6.32. The lowest BCUT2D eigenvalue weighted by Crippen LogP contribution is -2.43. The quantitative estimate of drug-likeness (QED) is 0.365. The Morgan fingerprint density at radius 1 is 0.889 bits per heavy atom. The Balaban J connectivity index is 1.38. The molecule has 8 heteroatoms. The molecule has 4 aromatic rings. The third-order valence-electron chi connectivity index (χ3n) is 5.70. The summed E-state index contributed by atoms with van der Waals surface area (Å²) in [4.78, 5) is 27.3. The number of para-hydroxylation sites is 1. The molecule has 0 bridgehead atoms. The highest BCUT2D eigenvalue weighted by atomic mass is 19.1. The predicted octanol–water partition coefficient (Wildman–Crippen LogP) is 5.75. The second kappa shape index (κ2) is 9.87.